The molecule has 2 heterocycles. The molecule has 0 aliphatic carbocycles. The van der Waals surface area contributed by atoms with Gasteiger partial charge >= 0.3 is 0 Å². The van der Waals surface area contributed by atoms with Crippen molar-refractivity contribution in [3.63, 3.8) is 0 Å². The molecule has 0 saturated heterocycles. The molecule has 2 rings (SSSR count). The van der Waals surface area contributed by atoms with Crippen LogP contribution in [0, 0.1) is 0 Å². The molecule has 0 spiro atoms. The first kappa shape index (κ1) is 16.2. The van der Waals surface area contributed by atoms with E-state index in [1.54, 1.807) is 17.1 Å². The van der Waals surface area contributed by atoms with E-state index in [1.165, 1.54) is 0 Å². The van der Waals surface area contributed by atoms with Gasteiger partial charge in [-0.3, -0.25) is 4.79 Å². The number of carbonyl (C=O) groups is 1. The molecule has 118 valence electrons. The molecule has 6 nitrogen and oxygen atoms in total. The SMILES string of the molecule is CCCNCCNC(=O)c1cnn(-c2ccccn2)c1CC. The van der Waals surface area contributed by atoms with Gasteiger partial charge in [0.15, 0.2) is 5.82 Å². The van der Waals surface area contributed by atoms with Crippen LogP contribution in [0.3, 0.4) is 0 Å². The Morgan fingerprint density at radius 3 is 2.77 bits per heavy atom. The Kier molecular flexibility index (Phi) is 6.09. The average Bonchev–Trinajstić information content (AvgIpc) is 2.99. The Balaban J connectivity index is 2.05. The Labute approximate surface area is 130 Å². The summed E-state index contributed by atoms with van der Waals surface area (Å²) in [6.07, 6.45) is 5.14. The van der Waals surface area contributed by atoms with Gasteiger partial charge in [-0.15, -0.1) is 0 Å². The summed E-state index contributed by atoms with van der Waals surface area (Å²) in [4.78, 5) is 16.6. The Morgan fingerprint density at radius 2 is 2.09 bits per heavy atom. The summed E-state index contributed by atoms with van der Waals surface area (Å²) in [6.45, 7) is 6.47. The van der Waals surface area contributed by atoms with Crippen LogP contribution in [-0.4, -0.2) is 40.3 Å². The van der Waals surface area contributed by atoms with E-state index in [4.69, 9.17) is 0 Å². The van der Waals surface area contributed by atoms with E-state index in [-0.39, 0.29) is 5.91 Å². The van der Waals surface area contributed by atoms with E-state index in [9.17, 15) is 4.79 Å². The van der Waals surface area contributed by atoms with E-state index in [1.807, 2.05) is 25.1 Å². The van der Waals surface area contributed by atoms with Gasteiger partial charge < -0.3 is 10.6 Å². The third-order valence-electron chi connectivity index (χ3n) is 3.33. The fourth-order valence-corrected chi connectivity index (χ4v) is 2.24. The van der Waals surface area contributed by atoms with Crippen LogP contribution in [0.2, 0.25) is 0 Å². The van der Waals surface area contributed by atoms with Crippen LogP contribution < -0.4 is 10.6 Å². The Bertz CT molecular complexity index is 594. The second-order valence-electron chi connectivity index (χ2n) is 4.96. The van der Waals surface area contributed by atoms with Gasteiger partial charge in [-0.25, -0.2) is 9.67 Å². The molecular formula is C16H23N5O. The average molecular weight is 301 g/mol. The highest BCUT2D eigenvalue weighted by molar-refractivity contribution is 5.95. The zero-order valence-electron chi connectivity index (χ0n) is 13.2. The van der Waals surface area contributed by atoms with Gasteiger partial charge in [0.1, 0.15) is 0 Å². The summed E-state index contributed by atoms with van der Waals surface area (Å²) in [6, 6.07) is 5.64. The molecule has 2 aromatic heterocycles. The molecule has 0 aliphatic rings. The number of hydrogen-bond donors (Lipinski definition) is 2. The number of pyridine rings is 1. The third kappa shape index (κ3) is 3.92. The number of hydrogen-bond acceptors (Lipinski definition) is 4. The number of rotatable bonds is 8. The quantitative estimate of drug-likeness (QED) is 0.726. The zero-order chi connectivity index (χ0) is 15.8. The van der Waals surface area contributed by atoms with Crippen LogP contribution in [0.5, 0.6) is 0 Å². The normalized spacial score (nSPS) is 10.6. The third-order valence-corrected chi connectivity index (χ3v) is 3.33. The van der Waals surface area contributed by atoms with Crippen molar-refractivity contribution in [2.75, 3.05) is 19.6 Å². The zero-order valence-corrected chi connectivity index (χ0v) is 13.2. The fraction of sp³-hybridized carbons (Fsp3) is 0.438. The summed E-state index contributed by atoms with van der Waals surface area (Å²) < 4.78 is 1.73. The molecule has 0 saturated carbocycles. The Morgan fingerprint density at radius 1 is 1.23 bits per heavy atom. The molecule has 1 amide bonds. The highest BCUT2D eigenvalue weighted by Crippen LogP contribution is 2.13. The number of nitrogens with zero attached hydrogens (tertiary/aromatic N) is 3. The van der Waals surface area contributed by atoms with Gasteiger partial charge in [0, 0.05) is 19.3 Å². The predicted molar refractivity (Wildman–Crippen MR) is 86.2 cm³/mol. The molecule has 0 atom stereocenters. The molecule has 0 fully saturated rings. The minimum Gasteiger partial charge on any atom is -0.351 e. The molecule has 0 radical (unpaired) electrons. The minimum atomic E-state index is -0.0858. The van der Waals surface area contributed by atoms with Crippen molar-refractivity contribution < 1.29 is 4.79 Å². The molecule has 22 heavy (non-hydrogen) atoms. The first-order chi connectivity index (χ1) is 10.8. The summed E-state index contributed by atoms with van der Waals surface area (Å²) in [5.74, 6) is 0.639. The lowest BCUT2D eigenvalue weighted by atomic mass is 10.2. The lowest BCUT2D eigenvalue weighted by Gasteiger charge is -2.08. The molecule has 2 N–H and O–H groups in total. The van der Waals surface area contributed by atoms with E-state index < -0.39 is 0 Å². The van der Waals surface area contributed by atoms with E-state index >= 15 is 0 Å². The van der Waals surface area contributed by atoms with Crippen molar-refractivity contribution in [2.45, 2.75) is 26.7 Å². The van der Waals surface area contributed by atoms with Gasteiger partial charge in [0.2, 0.25) is 0 Å². The van der Waals surface area contributed by atoms with E-state index in [0.717, 1.165) is 31.0 Å². The number of carbonyl (C=O) groups excluding carboxylic acids is 1. The Hall–Kier alpha value is -2.21. The van der Waals surface area contributed by atoms with Crippen LogP contribution in [0.4, 0.5) is 0 Å². The van der Waals surface area contributed by atoms with Crippen molar-refractivity contribution in [1.29, 1.82) is 0 Å². The monoisotopic (exact) mass is 301 g/mol. The smallest absolute Gasteiger partial charge is 0.254 e. The van der Waals surface area contributed by atoms with Crippen molar-refractivity contribution in [1.82, 2.24) is 25.4 Å². The lowest BCUT2D eigenvalue weighted by molar-refractivity contribution is 0.0953. The first-order valence-corrected chi connectivity index (χ1v) is 7.75. The van der Waals surface area contributed by atoms with Crippen molar-refractivity contribution in [3.05, 3.63) is 41.9 Å². The second kappa shape index (κ2) is 8.29. The largest absolute Gasteiger partial charge is 0.351 e. The maximum Gasteiger partial charge on any atom is 0.254 e. The molecule has 6 heteroatoms. The van der Waals surface area contributed by atoms with Gasteiger partial charge in [0.05, 0.1) is 17.5 Å². The molecule has 2 aromatic rings. The van der Waals surface area contributed by atoms with Crippen LogP contribution in [0.25, 0.3) is 5.82 Å². The fourth-order valence-electron chi connectivity index (χ4n) is 2.24. The maximum absolute atomic E-state index is 12.3. The summed E-state index contributed by atoms with van der Waals surface area (Å²) in [7, 11) is 0. The molecule has 0 aliphatic heterocycles. The topological polar surface area (TPSA) is 71.8 Å². The van der Waals surface area contributed by atoms with Gasteiger partial charge in [-0.2, -0.15) is 5.10 Å². The molecule has 0 bridgehead atoms. The highest BCUT2D eigenvalue weighted by Gasteiger charge is 2.17. The minimum absolute atomic E-state index is 0.0858. The van der Waals surface area contributed by atoms with Crippen LogP contribution in [0.15, 0.2) is 30.6 Å². The molecular weight excluding hydrogens is 278 g/mol. The van der Waals surface area contributed by atoms with Crippen molar-refractivity contribution in [2.24, 2.45) is 0 Å². The van der Waals surface area contributed by atoms with E-state index in [0.29, 0.717) is 18.5 Å². The molecule has 0 aromatic carbocycles. The van der Waals surface area contributed by atoms with Gasteiger partial charge in [-0.1, -0.05) is 19.9 Å². The van der Waals surface area contributed by atoms with Gasteiger partial charge in [0.25, 0.3) is 5.91 Å². The summed E-state index contributed by atoms with van der Waals surface area (Å²) >= 11 is 0. The van der Waals surface area contributed by atoms with Crippen molar-refractivity contribution in [3.8, 4) is 5.82 Å². The van der Waals surface area contributed by atoms with Crippen molar-refractivity contribution >= 4 is 5.91 Å². The summed E-state index contributed by atoms with van der Waals surface area (Å²) in [5, 5.41) is 10.5. The first-order valence-electron chi connectivity index (χ1n) is 7.75. The number of aromatic nitrogens is 3. The summed E-state index contributed by atoms with van der Waals surface area (Å²) in [5.41, 5.74) is 1.49. The predicted octanol–water partition coefficient (Wildman–Crippen LogP) is 1.56. The van der Waals surface area contributed by atoms with Gasteiger partial charge in [-0.05, 0) is 31.5 Å². The van der Waals surface area contributed by atoms with E-state index in [2.05, 4.69) is 27.6 Å². The number of amides is 1. The molecule has 0 unspecified atom stereocenters. The lowest BCUT2D eigenvalue weighted by Crippen LogP contribution is -2.32. The number of nitrogens with one attached hydrogen (secondary N) is 2. The van der Waals surface area contributed by atoms with Crippen LogP contribution >= 0.6 is 0 Å². The highest BCUT2D eigenvalue weighted by atomic mass is 16.1. The second-order valence-corrected chi connectivity index (χ2v) is 4.96. The van der Waals surface area contributed by atoms with Crippen LogP contribution in [0.1, 0.15) is 36.3 Å². The van der Waals surface area contributed by atoms with Crippen LogP contribution in [-0.2, 0) is 6.42 Å². The standard InChI is InChI=1S/C16H23N5O/c1-3-8-17-10-11-19-16(22)13-12-20-21(14(13)4-2)15-7-5-6-9-18-15/h5-7,9,12,17H,3-4,8,10-11H2,1-2H3,(H,19,22). The maximum atomic E-state index is 12.3.